The van der Waals surface area contributed by atoms with Crippen molar-refractivity contribution in [2.45, 2.75) is 45.6 Å². The lowest BCUT2D eigenvalue weighted by molar-refractivity contribution is -0.172. The summed E-state index contributed by atoms with van der Waals surface area (Å²) < 4.78 is 21.0. The fraction of sp³-hybridized carbons (Fsp3) is 0.348. The Morgan fingerprint density at radius 1 is 1.28 bits per heavy atom. The van der Waals surface area contributed by atoms with Gasteiger partial charge in [0.2, 0.25) is 0 Å². The predicted octanol–water partition coefficient (Wildman–Crippen LogP) is 1.75. The number of benzene rings is 1. The average Bonchev–Trinajstić information content (AvgIpc) is 3.14. The lowest BCUT2D eigenvalue weighted by Gasteiger charge is -2.31. The maximum absolute atomic E-state index is 14.4. The lowest BCUT2D eigenvalue weighted by atomic mass is 9.86. The molecular weight excluding hydrogens is 415 g/mol. The van der Waals surface area contributed by atoms with Crippen LogP contribution in [-0.4, -0.2) is 27.7 Å². The number of fused-ring (bicyclic) bond motifs is 5. The van der Waals surface area contributed by atoms with Crippen molar-refractivity contribution in [3.63, 3.8) is 0 Å². The van der Waals surface area contributed by atoms with E-state index >= 15 is 0 Å². The average molecular weight is 438 g/mol. The predicted molar refractivity (Wildman–Crippen MR) is 115 cm³/mol. The Kier molecular flexibility index (Phi) is 4.66. The number of aliphatic hydroxyl groups is 1. The molecule has 0 spiro atoms. The molecule has 0 fully saturated rings. The highest BCUT2D eigenvalue weighted by molar-refractivity contribution is 5.89. The summed E-state index contributed by atoms with van der Waals surface area (Å²) >= 11 is 0. The molecular formula is C23H23FN4O4. The topological polar surface area (TPSA) is 105 Å². The first-order valence-corrected chi connectivity index (χ1v) is 10.5. The molecule has 0 aliphatic carbocycles. The molecule has 2 aliphatic heterocycles. The largest absolute Gasteiger partial charge is 0.458 e. The number of carbonyl (C=O) groups excluding carboxylic acids is 1. The van der Waals surface area contributed by atoms with E-state index in [2.05, 4.69) is 10.9 Å². The summed E-state index contributed by atoms with van der Waals surface area (Å²) in [6, 6.07) is 4.82. The van der Waals surface area contributed by atoms with Crippen LogP contribution in [0, 0.1) is 12.7 Å². The van der Waals surface area contributed by atoms with E-state index in [0.717, 1.165) is 16.5 Å². The second-order valence-electron chi connectivity index (χ2n) is 8.24. The number of cyclic esters (lactones) is 1. The van der Waals surface area contributed by atoms with Gasteiger partial charge in [0.25, 0.3) is 5.56 Å². The molecule has 0 unspecified atom stereocenters. The van der Waals surface area contributed by atoms with Gasteiger partial charge in [-0.2, -0.15) is 0 Å². The van der Waals surface area contributed by atoms with Gasteiger partial charge < -0.3 is 14.4 Å². The molecule has 3 N–H and O–H groups in total. The third kappa shape index (κ3) is 2.75. The second kappa shape index (κ2) is 7.19. The molecule has 1 atom stereocenters. The van der Waals surface area contributed by atoms with Gasteiger partial charge in [-0.25, -0.2) is 14.2 Å². The zero-order valence-electron chi connectivity index (χ0n) is 18.0. The van der Waals surface area contributed by atoms with E-state index in [1.807, 2.05) is 0 Å². The summed E-state index contributed by atoms with van der Waals surface area (Å²) in [5.41, 5.74) is 8.08. The van der Waals surface area contributed by atoms with Gasteiger partial charge in [-0.3, -0.25) is 15.6 Å². The number of hydrazine groups is 1. The second-order valence-corrected chi connectivity index (χ2v) is 8.24. The van der Waals surface area contributed by atoms with Crippen molar-refractivity contribution in [3.05, 3.63) is 62.2 Å². The highest BCUT2D eigenvalue weighted by Gasteiger charge is 2.45. The van der Waals surface area contributed by atoms with Crippen molar-refractivity contribution < 1.29 is 19.0 Å². The lowest BCUT2D eigenvalue weighted by Crippen LogP contribution is -2.44. The van der Waals surface area contributed by atoms with Crippen molar-refractivity contribution in [1.82, 2.24) is 20.4 Å². The number of hydrogen-bond donors (Lipinski definition) is 3. The number of pyridine rings is 2. The standard InChI is InChI=1S/C23H23FN4O4/c1-4-23(31)16-6-19-20-14(9-28(19)21(29)15(16)10-32-22(23)30)13(8-26-25-3)12-5-11(2)17(24)7-18(12)27-20/h5-7,25-26,31H,4,8-10H2,1-3H3/t23-/m0/s1. The van der Waals surface area contributed by atoms with E-state index in [0.29, 0.717) is 29.0 Å². The molecule has 0 amide bonds. The minimum atomic E-state index is -1.89. The van der Waals surface area contributed by atoms with Crippen LogP contribution in [0.4, 0.5) is 4.39 Å². The van der Waals surface area contributed by atoms with E-state index in [1.54, 1.807) is 37.6 Å². The third-order valence-corrected chi connectivity index (χ3v) is 6.53. The number of aromatic nitrogens is 2. The van der Waals surface area contributed by atoms with Crippen LogP contribution in [0.15, 0.2) is 23.0 Å². The molecule has 5 rings (SSSR count). The normalized spacial score (nSPS) is 19.0. The first-order chi connectivity index (χ1) is 15.3. The van der Waals surface area contributed by atoms with Crippen LogP contribution in [0.25, 0.3) is 22.3 Å². The summed E-state index contributed by atoms with van der Waals surface area (Å²) in [6.45, 7) is 3.90. The molecule has 166 valence electrons. The number of nitrogens with zero attached hydrogens (tertiary/aromatic N) is 2. The molecule has 1 aromatic carbocycles. The molecule has 0 saturated heterocycles. The smallest absolute Gasteiger partial charge is 0.343 e. The van der Waals surface area contributed by atoms with Gasteiger partial charge in [-0.05, 0) is 43.7 Å². The molecule has 32 heavy (non-hydrogen) atoms. The molecule has 4 heterocycles. The van der Waals surface area contributed by atoms with Crippen LogP contribution < -0.4 is 16.4 Å². The number of nitrogens with one attached hydrogen (secondary N) is 2. The number of ether oxygens (including phenoxy) is 1. The van der Waals surface area contributed by atoms with Gasteiger partial charge >= 0.3 is 5.97 Å². The van der Waals surface area contributed by atoms with Gasteiger partial charge in [0.1, 0.15) is 12.4 Å². The van der Waals surface area contributed by atoms with E-state index in [9.17, 15) is 19.1 Å². The summed E-state index contributed by atoms with van der Waals surface area (Å²) in [6.07, 6.45) is 0.0710. The zero-order chi connectivity index (χ0) is 22.8. The Balaban J connectivity index is 1.81. The van der Waals surface area contributed by atoms with Crippen LogP contribution in [0.5, 0.6) is 0 Å². The van der Waals surface area contributed by atoms with Crippen molar-refractivity contribution in [2.75, 3.05) is 7.05 Å². The number of rotatable bonds is 4. The van der Waals surface area contributed by atoms with Crippen molar-refractivity contribution in [1.29, 1.82) is 0 Å². The minimum absolute atomic E-state index is 0.0710. The molecule has 0 saturated carbocycles. The van der Waals surface area contributed by atoms with Crippen LogP contribution in [-0.2, 0) is 34.8 Å². The monoisotopic (exact) mass is 438 g/mol. The Morgan fingerprint density at radius 3 is 2.78 bits per heavy atom. The van der Waals surface area contributed by atoms with Crippen molar-refractivity contribution in [3.8, 4) is 11.4 Å². The molecule has 2 aromatic heterocycles. The summed E-state index contributed by atoms with van der Waals surface area (Å²) in [4.78, 5) is 30.4. The molecule has 2 aliphatic rings. The molecule has 8 nitrogen and oxygen atoms in total. The van der Waals surface area contributed by atoms with E-state index < -0.39 is 11.6 Å². The van der Waals surface area contributed by atoms with Crippen molar-refractivity contribution in [2.24, 2.45) is 0 Å². The van der Waals surface area contributed by atoms with Gasteiger partial charge in [-0.1, -0.05) is 6.92 Å². The number of hydrogen-bond acceptors (Lipinski definition) is 7. The van der Waals surface area contributed by atoms with E-state index in [-0.39, 0.29) is 42.1 Å². The van der Waals surface area contributed by atoms with Gasteiger partial charge in [0.05, 0.1) is 29.0 Å². The highest BCUT2D eigenvalue weighted by atomic mass is 19.1. The van der Waals surface area contributed by atoms with E-state index in [4.69, 9.17) is 9.72 Å². The van der Waals surface area contributed by atoms with Crippen LogP contribution >= 0.6 is 0 Å². The van der Waals surface area contributed by atoms with Gasteiger partial charge in [-0.15, -0.1) is 0 Å². The minimum Gasteiger partial charge on any atom is -0.458 e. The summed E-state index contributed by atoms with van der Waals surface area (Å²) in [5, 5.41) is 11.8. The maximum atomic E-state index is 14.4. The molecule has 3 aromatic rings. The number of halogens is 1. The Labute approximate surface area is 183 Å². The van der Waals surface area contributed by atoms with E-state index in [1.165, 1.54) is 6.07 Å². The number of esters is 1. The maximum Gasteiger partial charge on any atom is 0.343 e. The van der Waals surface area contributed by atoms with Gasteiger partial charge in [0, 0.05) is 29.1 Å². The zero-order valence-corrected chi connectivity index (χ0v) is 18.0. The van der Waals surface area contributed by atoms with Crippen LogP contribution in [0.1, 0.15) is 41.2 Å². The molecule has 9 heteroatoms. The third-order valence-electron chi connectivity index (χ3n) is 6.53. The summed E-state index contributed by atoms with van der Waals surface area (Å²) in [5.74, 6) is -1.13. The Bertz CT molecular complexity index is 1370. The first-order valence-electron chi connectivity index (χ1n) is 10.5. The molecule has 0 bridgehead atoms. The van der Waals surface area contributed by atoms with Crippen molar-refractivity contribution >= 4 is 16.9 Å². The quantitative estimate of drug-likeness (QED) is 0.329. The Hall–Kier alpha value is -3.14. The number of carbonyl (C=O) groups is 1. The van der Waals surface area contributed by atoms with Gasteiger partial charge in [0.15, 0.2) is 5.60 Å². The Morgan fingerprint density at radius 2 is 2.06 bits per heavy atom. The van der Waals surface area contributed by atoms with Crippen LogP contribution in [0.3, 0.4) is 0 Å². The highest BCUT2D eigenvalue weighted by Crippen LogP contribution is 2.40. The fourth-order valence-electron chi connectivity index (χ4n) is 4.67. The first kappa shape index (κ1) is 20.7. The SMILES string of the molecule is CC[C@@]1(O)C(=O)OCc2c1cc1n(c2=O)Cc2c-1nc1cc(F)c(C)cc1c2CNNC. The number of aryl methyl sites for hydroxylation is 1. The van der Waals surface area contributed by atoms with Crippen LogP contribution in [0.2, 0.25) is 0 Å². The summed E-state index contributed by atoms with van der Waals surface area (Å²) in [7, 11) is 1.75. The fourth-order valence-corrected chi connectivity index (χ4v) is 4.67. The molecule has 0 radical (unpaired) electrons.